The van der Waals surface area contributed by atoms with E-state index >= 15 is 0 Å². The summed E-state index contributed by atoms with van der Waals surface area (Å²) in [6.07, 6.45) is 2.94. The summed E-state index contributed by atoms with van der Waals surface area (Å²) in [5.74, 6) is 1.46. The fourth-order valence-corrected chi connectivity index (χ4v) is 4.32. The number of esters is 1. The average Bonchev–Trinajstić information content (AvgIpc) is 3.07. The summed E-state index contributed by atoms with van der Waals surface area (Å²) in [5, 5.41) is 2.91. The third kappa shape index (κ3) is 12.2. The van der Waals surface area contributed by atoms with Gasteiger partial charge in [0.1, 0.15) is 37.1 Å². The smallest absolute Gasteiger partial charge is 0.330 e. The Labute approximate surface area is 270 Å². The van der Waals surface area contributed by atoms with Crippen molar-refractivity contribution in [1.29, 1.82) is 0 Å². The van der Waals surface area contributed by atoms with Crippen LogP contribution in [0.3, 0.4) is 0 Å². The van der Waals surface area contributed by atoms with Gasteiger partial charge in [-0.05, 0) is 79.1 Å². The molecule has 0 bridgehead atoms. The zero-order chi connectivity index (χ0) is 32.5. The van der Waals surface area contributed by atoms with Crippen LogP contribution in [0.5, 0.6) is 17.2 Å². The maximum Gasteiger partial charge on any atom is 0.330 e. The highest BCUT2D eigenvalue weighted by molar-refractivity contribution is 6.04. The molecule has 0 radical (unpaired) electrons. The third-order valence-electron chi connectivity index (χ3n) is 7.00. The van der Waals surface area contributed by atoms with Crippen molar-refractivity contribution in [3.63, 3.8) is 0 Å². The van der Waals surface area contributed by atoms with E-state index in [1.54, 1.807) is 24.3 Å². The van der Waals surface area contributed by atoms with Gasteiger partial charge in [0.25, 0.3) is 5.91 Å². The Morgan fingerprint density at radius 1 is 0.761 bits per heavy atom. The first-order chi connectivity index (χ1) is 22.4. The van der Waals surface area contributed by atoms with Crippen LogP contribution in [0.4, 0.5) is 5.69 Å². The number of hydrogen-bond acceptors (Lipinski definition) is 9. The van der Waals surface area contributed by atoms with Gasteiger partial charge in [0.05, 0.1) is 39.6 Å². The molecule has 0 saturated carbocycles. The van der Waals surface area contributed by atoms with Gasteiger partial charge < -0.3 is 38.5 Å². The molecule has 0 spiro atoms. The highest BCUT2D eigenvalue weighted by Crippen LogP contribution is 2.26. The number of ether oxygens (including phenoxy) is 7. The second-order valence-electron chi connectivity index (χ2n) is 11.2. The van der Waals surface area contributed by atoms with Crippen molar-refractivity contribution in [3.8, 4) is 17.2 Å². The van der Waals surface area contributed by atoms with Crippen LogP contribution in [0, 0.1) is 5.41 Å². The molecular weight excluding hydrogens is 590 g/mol. The molecule has 1 aliphatic heterocycles. The molecule has 1 amide bonds. The number of rotatable bonds is 21. The van der Waals surface area contributed by atoms with Crippen molar-refractivity contribution in [2.75, 3.05) is 64.8 Å². The van der Waals surface area contributed by atoms with Crippen molar-refractivity contribution in [1.82, 2.24) is 0 Å². The van der Waals surface area contributed by atoms with Crippen molar-refractivity contribution in [3.05, 3.63) is 96.6 Å². The number of unbranched alkanes of at least 4 members (excludes halogenated alkanes) is 1. The van der Waals surface area contributed by atoms with E-state index in [9.17, 15) is 9.59 Å². The third-order valence-corrected chi connectivity index (χ3v) is 7.00. The summed E-state index contributed by atoms with van der Waals surface area (Å²) in [7, 11) is 0. The van der Waals surface area contributed by atoms with Crippen molar-refractivity contribution in [2.24, 2.45) is 5.41 Å². The lowest BCUT2D eigenvalue weighted by molar-refractivity contribution is -0.139. The SMILES string of the molecule is C=CC(=O)OCCOCCOc1ccc(COc2ccc(NC(=O)c3ccc(OCCCCOCC4(C)COC4)cc3)cc2)cc1. The largest absolute Gasteiger partial charge is 0.494 e. The molecule has 1 aliphatic rings. The molecular formula is C36H43NO9. The molecule has 0 aromatic heterocycles. The summed E-state index contributed by atoms with van der Waals surface area (Å²) < 4.78 is 38.5. The van der Waals surface area contributed by atoms with Gasteiger partial charge in [-0.2, -0.15) is 0 Å². The topological polar surface area (TPSA) is 111 Å². The van der Waals surface area contributed by atoms with Crippen LogP contribution < -0.4 is 19.5 Å². The van der Waals surface area contributed by atoms with E-state index in [4.69, 9.17) is 33.2 Å². The number of anilines is 1. The fraction of sp³-hybridized carbons (Fsp3) is 0.389. The van der Waals surface area contributed by atoms with Crippen LogP contribution >= 0.6 is 0 Å². The van der Waals surface area contributed by atoms with Crippen LogP contribution in [0.2, 0.25) is 0 Å². The number of carbonyl (C=O) groups excluding carboxylic acids is 2. The highest BCUT2D eigenvalue weighted by Gasteiger charge is 2.33. The molecule has 4 rings (SSSR count). The minimum absolute atomic E-state index is 0.177. The Morgan fingerprint density at radius 2 is 1.37 bits per heavy atom. The van der Waals surface area contributed by atoms with E-state index in [0.29, 0.717) is 56.6 Å². The molecule has 3 aromatic rings. The van der Waals surface area contributed by atoms with Gasteiger partial charge in [-0.15, -0.1) is 0 Å². The minimum Gasteiger partial charge on any atom is -0.494 e. The average molecular weight is 634 g/mol. The first-order valence-corrected chi connectivity index (χ1v) is 15.4. The summed E-state index contributed by atoms with van der Waals surface area (Å²) >= 11 is 0. The van der Waals surface area contributed by atoms with Crippen molar-refractivity contribution >= 4 is 17.6 Å². The van der Waals surface area contributed by atoms with E-state index < -0.39 is 5.97 Å². The van der Waals surface area contributed by atoms with Crippen LogP contribution in [-0.4, -0.2) is 71.3 Å². The zero-order valence-corrected chi connectivity index (χ0v) is 26.4. The lowest BCUT2D eigenvalue weighted by Gasteiger charge is -2.37. The number of carbonyl (C=O) groups is 2. The van der Waals surface area contributed by atoms with Gasteiger partial charge in [-0.3, -0.25) is 4.79 Å². The first-order valence-electron chi connectivity index (χ1n) is 15.4. The van der Waals surface area contributed by atoms with Gasteiger partial charge in [-0.1, -0.05) is 25.6 Å². The number of amides is 1. The normalized spacial score (nSPS) is 13.2. The molecule has 1 saturated heterocycles. The van der Waals surface area contributed by atoms with Gasteiger partial charge in [0.15, 0.2) is 0 Å². The maximum atomic E-state index is 12.7. The molecule has 0 aliphatic carbocycles. The van der Waals surface area contributed by atoms with Crippen molar-refractivity contribution < 1.29 is 42.7 Å². The van der Waals surface area contributed by atoms with Gasteiger partial charge in [0, 0.05) is 29.3 Å². The Hall–Kier alpha value is -4.38. The molecule has 246 valence electrons. The fourth-order valence-electron chi connectivity index (χ4n) is 4.32. The second kappa shape index (κ2) is 18.6. The van der Waals surface area contributed by atoms with Crippen molar-refractivity contribution in [2.45, 2.75) is 26.4 Å². The first kappa shape index (κ1) is 34.5. The summed E-state index contributed by atoms with van der Waals surface area (Å²) in [5.41, 5.74) is 2.38. The summed E-state index contributed by atoms with van der Waals surface area (Å²) in [6, 6.07) is 22.0. The molecule has 1 N–H and O–H groups in total. The highest BCUT2D eigenvalue weighted by atomic mass is 16.6. The molecule has 10 nitrogen and oxygen atoms in total. The van der Waals surface area contributed by atoms with Crippen LogP contribution in [0.25, 0.3) is 0 Å². The Kier molecular flexibility index (Phi) is 13.9. The van der Waals surface area contributed by atoms with E-state index in [1.807, 2.05) is 48.5 Å². The molecule has 46 heavy (non-hydrogen) atoms. The molecule has 0 unspecified atom stereocenters. The van der Waals surface area contributed by atoms with Crippen LogP contribution in [0.1, 0.15) is 35.7 Å². The van der Waals surface area contributed by atoms with E-state index in [-0.39, 0.29) is 17.9 Å². The number of benzene rings is 3. The van der Waals surface area contributed by atoms with E-state index in [0.717, 1.165) is 55.8 Å². The van der Waals surface area contributed by atoms with Gasteiger partial charge >= 0.3 is 5.97 Å². The van der Waals surface area contributed by atoms with Crippen LogP contribution in [0.15, 0.2) is 85.5 Å². The standard InChI is InChI=1S/C36H43NO9/c1-3-34(38)45-23-21-40-20-22-44-31-12-6-28(7-13-31)24-46-33-16-10-30(11-17-33)37-35(39)29-8-14-32(15-9-29)43-19-5-4-18-41-25-36(2)26-42-27-36/h3,6-17H,1,4-5,18-27H2,2H3,(H,37,39). The second-order valence-corrected chi connectivity index (χ2v) is 11.2. The maximum absolute atomic E-state index is 12.7. The summed E-state index contributed by atoms with van der Waals surface area (Å²) in [4.78, 5) is 23.7. The molecule has 1 fully saturated rings. The lowest BCUT2D eigenvalue weighted by Crippen LogP contribution is -2.43. The quantitative estimate of drug-likeness (QED) is 0.0877. The number of hydrogen-bond donors (Lipinski definition) is 1. The minimum atomic E-state index is -0.469. The van der Waals surface area contributed by atoms with E-state index in [2.05, 4.69) is 18.8 Å². The molecule has 0 atom stereocenters. The Bertz CT molecular complexity index is 1350. The molecule has 3 aromatic carbocycles. The predicted molar refractivity (Wildman–Crippen MR) is 174 cm³/mol. The van der Waals surface area contributed by atoms with Gasteiger partial charge in [0.2, 0.25) is 0 Å². The van der Waals surface area contributed by atoms with Crippen LogP contribution in [-0.2, 0) is 30.3 Å². The Morgan fingerprint density at radius 3 is 2.04 bits per heavy atom. The number of nitrogens with one attached hydrogen (secondary N) is 1. The Balaban J connectivity index is 1.07. The zero-order valence-electron chi connectivity index (χ0n) is 26.4. The lowest BCUT2D eigenvalue weighted by atomic mass is 9.90. The molecule has 10 heteroatoms. The van der Waals surface area contributed by atoms with Gasteiger partial charge in [-0.25, -0.2) is 4.79 Å². The monoisotopic (exact) mass is 633 g/mol. The molecule has 1 heterocycles. The van der Waals surface area contributed by atoms with E-state index in [1.165, 1.54) is 0 Å². The summed E-state index contributed by atoms with van der Waals surface area (Å²) in [6.45, 7) is 10.7. The predicted octanol–water partition coefficient (Wildman–Crippen LogP) is 5.85.